The molecular weight excluding hydrogens is 288 g/mol. The molecule has 24 heavy (non-hydrogen) atoms. The van der Waals surface area contributed by atoms with Gasteiger partial charge in [-0.2, -0.15) is 0 Å². The van der Waals surface area contributed by atoms with Crippen LogP contribution in [-0.4, -0.2) is 0 Å². The maximum atomic E-state index is 3.77. The monoisotopic (exact) mass is 332 g/mol. The Kier molecular flexibility index (Phi) is 21.5. The normalized spacial score (nSPS) is 11.7. The van der Waals surface area contributed by atoms with Crippen LogP contribution in [0.15, 0.2) is 37.0 Å². The Morgan fingerprint density at radius 3 is 1.12 bits per heavy atom. The van der Waals surface area contributed by atoms with E-state index in [0.29, 0.717) is 0 Å². The molecular formula is C24H44. The average Bonchev–Trinajstić information content (AvgIpc) is 2.60. The third kappa shape index (κ3) is 21.2. The minimum atomic E-state index is 1.19. The Morgan fingerprint density at radius 2 is 0.792 bits per heavy atom. The van der Waals surface area contributed by atoms with Crippen molar-refractivity contribution in [3.8, 4) is 0 Å². The Hall–Kier alpha value is -0.780. The van der Waals surface area contributed by atoms with Gasteiger partial charge in [0.2, 0.25) is 0 Å². The van der Waals surface area contributed by atoms with Crippen LogP contribution >= 0.6 is 0 Å². The smallest absolute Gasteiger partial charge is 0.0351 e. The van der Waals surface area contributed by atoms with Crippen LogP contribution in [0.25, 0.3) is 0 Å². The van der Waals surface area contributed by atoms with Gasteiger partial charge in [-0.1, -0.05) is 82.2 Å². The van der Waals surface area contributed by atoms with Gasteiger partial charge in [-0.05, 0) is 64.2 Å². The van der Waals surface area contributed by atoms with Crippen molar-refractivity contribution in [3.05, 3.63) is 37.0 Å². The fourth-order valence-electron chi connectivity index (χ4n) is 2.94. The first-order valence-corrected chi connectivity index (χ1v) is 10.8. The van der Waals surface area contributed by atoms with Crippen LogP contribution in [0.5, 0.6) is 0 Å². The van der Waals surface area contributed by atoms with Gasteiger partial charge in [0.25, 0.3) is 0 Å². The highest BCUT2D eigenvalue weighted by atomic mass is 14.0. The minimum absolute atomic E-state index is 1.19. The van der Waals surface area contributed by atoms with E-state index in [9.17, 15) is 0 Å². The fourth-order valence-corrected chi connectivity index (χ4v) is 2.94. The summed E-state index contributed by atoms with van der Waals surface area (Å²) in [7, 11) is 0. The van der Waals surface area contributed by atoms with Crippen molar-refractivity contribution < 1.29 is 0 Å². The second-order valence-corrected chi connectivity index (χ2v) is 7.06. The highest BCUT2D eigenvalue weighted by Crippen LogP contribution is 2.09. The SMILES string of the molecule is C=CCCCCCC/C=C/CCCCCC/C=C/CCCCCC. The molecule has 0 bridgehead atoms. The number of hydrogen-bond acceptors (Lipinski definition) is 0. The zero-order chi connectivity index (χ0) is 17.6. The Bertz CT molecular complexity index is 284. The Balaban J connectivity index is 3.12. The second-order valence-electron chi connectivity index (χ2n) is 7.06. The first-order chi connectivity index (χ1) is 11.9. The van der Waals surface area contributed by atoms with Crippen molar-refractivity contribution in [2.75, 3.05) is 0 Å². The van der Waals surface area contributed by atoms with Gasteiger partial charge in [0.1, 0.15) is 0 Å². The highest BCUT2D eigenvalue weighted by Gasteiger charge is 1.89. The highest BCUT2D eigenvalue weighted by molar-refractivity contribution is 4.82. The molecule has 0 saturated heterocycles. The third-order valence-electron chi connectivity index (χ3n) is 4.58. The predicted octanol–water partition coefficient (Wildman–Crippen LogP) is 8.94. The van der Waals surface area contributed by atoms with Gasteiger partial charge in [-0.25, -0.2) is 0 Å². The topological polar surface area (TPSA) is 0 Å². The van der Waals surface area contributed by atoms with E-state index in [0.717, 1.165) is 0 Å². The molecule has 0 atom stereocenters. The van der Waals surface area contributed by atoms with E-state index in [2.05, 4.69) is 37.8 Å². The number of allylic oxidation sites excluding steroid dienone is 5. The summed E-state index contributed by atoms with van der Waals surface area (Å²) in [5.41, 5.74) is 0. The molecule has 0 aromatic heterocycles. The van der Waals surface area contributed by atoms with Crippen molar-refractivity contribution in [3.63, 3.8) is 0 Å². The van der Waals surface area contributed by atoms with Gasteiger partial charge in [0.15, 0.2) is 0 Å². The molecule has 0 heteroatoms. The van der Waals surface area contributed by atoms with Crippen molar-refractivity contribution in [1.82, 2.24) is 0 Å². The first-order valence-electron chi connectivity index (χ1n) is 10.8. The molecule has 0 amide bonds. The van der Waals surface area contributed by atoms with Crippen LogP contribution in [0.1, 0.15) is 116 Å². The van der Waals surface area contributed by atoms with Gasteiger partial charge in [0.05, 0.1) is 0 Å². The largest absolute Gasteiger partial charge is 0.103 e. The lowest BCUT2D eigenvalue weighted by Gasteiger charge is -1.98. The molecule has 140 valence electrons. The summed E-state index contributed by atoms with van der Waals surface area (Å²) < 4.78 is 0. The molecule has 0 nitrogen and oxygen atoms in total. The molecule has 0 N–H and O–H groups in total. The lowest BCUT2D eigenvalue weighted by Crippen LogP contribution is -1.78. The van der Waals surface area contributed by atoms with Crippen molar-refractivity contribution in [2.24, 2.45) is 0 Å². The molecule has 0 aromatic carbocycles. The lowest BCUT2D eigenvalue weighted by molar-refractivity contribution is 0.644. The quantitative estimate of drug-likeness (QED) is 0.163. The van der Waals surface area contributed by atoms with Crippen molar-refractivity contribution in [2.45, 2.75) is 116 Å². The van der Waals surface area contributed by atoms with E-state index in [4.69, 9.17) is 0 Å². The van der Waals surface area contributed by atoms with Gasteiger partial charge < -0.3 is 0 Å². The van der Waals surface area contributed by atoms with Crippen LogP contribution in [-0.2, 0) is 0 Å². The summed E-state index contributed by atoms with van der Waals surface area (Å²) in [6.07, 6.45) is 34.5. The number of hydrogen-bond donors (Lipinski definition) is 0. The zero-order valence-corrected chi connectivity index (χ0v) is 16.6. The summed E-state index contributed by atoms with van der Waals surface area (Å²) in [5, 5.41) is 0. The molecule has 0 spiro atoms. The Labute approximate surface area is 153 Å². The average molecular weight is 333 g/mol. The van der Waals surface area contributed by atoms with Gasteiger partial charge >= 0.3 is 0 Å². The first kappa shape index (κ1) is 23.2. The molecule has 0 rings (SSSR count). The van der Waals surface area contributed by atoms with Crippen LogP contribution in [0.3, 0.4) is 0 Å². The summed E-state index contributed by atoms with van der Waals surface area (Å²) in [6.45, 7) is 6.04. The van der Waals surface area contributed by atoms with Crippen LogP contribution < -0.4 is 0 Å². The minimum Gasteiger partial charge on any atom is -0.103 e. The third-order valence-corrected chi connectivity index (χ3v) is 4.58. The lowest BCUT2D eigenvalue weighted by atomic mass is 10.1. The van der Waals surface area contributed by atoms with E-state index in [1.807, 2.05) is 6.08 Å². The molecule has 0 unspecified atom stereocenters. The molecule has 0 aliphatic heterocycles. The molecule has 0 saturated carbocycles. The van der Waals surface area contributed by atoms with Crippen LogP contribution in [0.2, 0.25) is 0 Å². The van der Waals surface area contributed by atoms with Crippen LogP contribution in [0, 0.1) is 0 Å². The summed E-state index contributed by atoms with van der Waals surface area (Å²) in [6, 6.07) is 0. The van der Waals surface area contributed by atoms with E-state index in [-0.39, 0.29) is 0 Å². The predicted molar refractivity (Wildman–Crippen MR) is 113 cm³/mol. The van der Waals surface area contributed by atoms with E-state index in [1.165, 1.54) is 109 Å². The fraction of sp³-hybridized carbons (Fsp3) is 0.750. The van der Waals surface area contributed by atoms with Gasteiger partial charge in [0, 0.05) is 0 Å². The van der Waals surface area contributed by atoms with Crippen molar-refractivity contribution >= 4 is 0 Å². The van der Waals surface area contributed by atoms with Crippen LogP contribution in [0.4, 0.5) is 0 Å². The summed E-state index contributed by atoms with van der Waals surface area (Å²) in [4.78, 5) is 0. The van der Waals surface area contributed by atoms with E-state index in [1.54, 1.807) is 0 Å². The van der Waals surface area contributed by atoms with Crippen molar-refractivity contribution in [1.29, 1.82) is 0 Å². The van der Waals surface area contributed by atoms with Gasteiger partial charge in [-0.15, -0.1) is 6.58 Å². The molecule has 0 heterocycles. The van der Waals surface area contributed by atoms with E-state index >= 15 is 0 Å². The number of unbranched alkanes of at least 4 members (excludes halogenated alkanes) is 14. The molecule has 0 fully saturated rings. The van der Waals surface area contributed by atoms with E-state index < -0.39 is 0 Å². The maximum Gasteiger partial charge on any atom is -0.0351 e. The maximum absolute atomic E-state index is 3.77. The molecule has 0 radical (unpaired) electrons. The summed E-state index contributed by atoms with van der Waals surface area (Å²) >= 11 is 0. The molecule has 0 aromatic rings. The molecule has 0 aliphatic rings. The Morgan fingerprint density at radius 1 is 0.458 bits per heavy atom. The standard InChI is InChI=1S/C24H44/c1-3-5-7-9-11-13-15-17-19-21-23-24-22-20-18-16-14-12-10-8-6-4-2/h3,14,16-17,19H,1,4-13,15,18,20-24H2,2H3/b16-14+,19-17+. The summed E-state index contributed by atoms with van der Waals surface area (Å²) in [5.74, 6) is 0. The van der Waals surface area contributed by atoms with Gasteiger partial charge in [-0.3, -0.25) is 0 Å². The zero-order valence-electron chi connectivity index (χ0n) is 16.6. The second kappa shape index (κ2) is 22.2. The molecule has 0 aliphatic carbocycles. The number of rotatable bonds is 19.